The number of carbonyl (C=O) groups is 1. The molecule has 146 valence electrons. The topological polar surface area (TPSA) is 89.3 Å². The van der Waals surface area contributed by atoms with Crippen molar-refractivity contribution in [2.75, 3.05) is 0 Å². The third kappa shape index (κ3) is 4.01. The van der Waals surface area contributed by atoms with Crippen LogP contribution in [0.4, 0.5) is 0 Å². The van der Waals surface area contributed by atoms with Crippen molar-refractivity contribution >= 4 is 38.3 Å². The fourth-order valence-electron chi connectivity index (χ4n) is 2.82. The summed E-state index contributed by atoms with van der Waals surface area (Å²) in [6.45, 7) is 0.223. The number of hydrogen-bond donors (Lipinski definition) is 1. The number of furan rings is 1. The van der Waals surface area contributed by atoms with Gasteiger partial charge in [0.25, 0.3) is 5.91 Å². The Kier molecular flexibility index (Phi) is 5.08. The van der Waals surface area contributed by atoms with Crippen molar-refractivity contribution < 1.29 is 17.6 Å². The first kappa shape index (κ1) is 19.2. The summed E-state index contributed by atoms with van der Waals surface area (Å²) in [5, 5.41) is 3.75. The van der Waals surface area contributed by atoms with E-state index in [0.29, 0.717) is 16.1 Å². The third-order valence-electron chi connectivity index (χ3n) is 4.33. The molecule has 2 aromatic heterocycles. The van der Waals surface area contributed by atoms with Gasteiger partial charge in [-0.05, 0) is 42.0 Å². The van der Waals surface area contributed by atoms with E-state index in [2.05, 4.69) is 10.3 Å². The van der Waals surface area contributed by atoms with Gasteiger partial charge < -0.3 is 9.73 Å². The van der Waals surface area contributed by atoms with Crippen LogP contribution in [0.15, 0.2) is 87.1 Å². The van der Waals surface area contributed by atoms with Crippen molar-refractivity contribution in [1.82, 2.24) is 10.3 Å². The van der Waals surface area contributed by atoms with Crippen LogP contribution in [0.1, 0.15) is 16.1 Å². The molecule has 1 amide bonds. The van der Waals surface area contributed by atoms with Crippen molar-refractivity contribution in [1.29, 1.82) is 0 Å². The summed E-state index contributed by atoms with van der Waals surface area (Å²) in [4.78, 5) is 16.7. The number of aromatic nitrogens is 1. The van der Waals surface area contributed by atoms with Crippen LogP contribution < -0.4 is 5.32 Å². The predicted octanol–water partition coefficient (Wildman–Crippen LogP) is 4.24. The van der Waals surface area contributed by atoms with Crippen molar-refractivity contribution in [2.24, 2.45) is 0 Å². The summed E-state index contributed by atoms with van der Waals surface area (Å²) >= 11 is 5.84. The number of sulfone groups is 1. The average molecular weight is 427 g/mol. The van der Waals surface area contributed by atoms with Crippen LogP contribution in [-0.2, 0) is 16.4 Å². The number of benzene rings is 2. The fourth-order valence-corrected chi connectivity index (χ4v) is 4.27. The van der Waals surface area contributed by atoms with E-state index in [-0.39, 0.29) is 22.1 Å². The number of fused-ring (bicyclic) bond motifs is 1. The molecule has 0 fully saturated rings. The summed E-state index contributed by atoms with van der Waals surface area (Å²) in [6, 6.07) is 17.8. The molecule has 29 heavy (non-hydrogen) atoms. The maximum Gasteiger partial charge on any atom is 0.287 e. The molecule has 8 heteroatoms. The smallest absolute Gasteiger partial charge is 0.287 e. The SMILES string of the molecule is O=C(NCc1ccc(S(=O)(=O)c2ccccc2)cc1)c1cc2cc(Cl)ncc2o1. The van der Waals surface area contributed by atoms with Gasteiger partial charge in [0.15, 0.2) is 11.3 Å². The molecule has 1 N–H and O–H groups in total. The molecular weight excluding hydrogens is 412 g/mol. The van der Waals surface area contributed by atoms with Crippen LogP contribution >= 0.6 is 11.6 Å². The summed E-state index contributed by atoms with van der Waals surface area (Å²) in [6.07, 6.45) is 1.46. The maximum absolute atomic E-state index is 12.6. The molecule has 0 saturated carbocycles. The highest BCUT2D eigenvalue weighted by atomic mass is 35.5. The van der Waals surface area contributed by atoms with Crippen LogP contribution in [0.5, 0.6) is 0 Å². The molecule has 2 heterocycles. The fraction of sp³-hybridized carbons (Fsp3) is 0.0476. The van der Waals surface area contributed by atoms with Gasteiger partial charge >= 0.3 is 0 Å². The zero-order chi connectivity index (χ0) is 20.4. The van der Waals surface area contributed by atoms with Crippen LogP contribution in [0.2, 0.25) is 5.15 Å². The Hall–Kier alpha value is -3.16. The predicted molar refractivity (Wildman–Crippen MR) is 109 cm³/mol. The molecule has 0 unspecified atom stereocenters. The van der Waals surface area contributed by atoms with Gasteiger partial charge in [-0.15, -0.1) is 0 Å². The molecule has 0 saturated heterocycles. The van der Waals surface area contributed by atoms with E-state index >= 15 is 0 Å². The number of halogens is 1. The molecule has 0 aliphatic rings. The number of pyridine rings is 1. The highest BCUT2D eigenvalue weighted by molar-refractivity contribution is 7.91. The van der Waals surface area contributed by atoms with E-state index in [1.54, 1.807) is 54.6 Å². The second-order valence-electron chi connectivity index (χ2n) is 6.30. The summed E-state index contributed by atoms with van der Waals surface area (Å²) < 4.78 is 30.7. The molecule has 6 nitrogen and oxygen atoms in total. The Morgan fingerprint density at radius 3 is 2.41 bits per heavy atom. The summed E-state index contributed by atoms with van der Waals surface area (Å²) in [5.41, 5.74) is 1.22. The minimum atomic E-state index is -3.57. The van der Waals surface area contributed by atoms with Gasteiger partial charge in [0, 0.05) is 11.9 Å². The Morgan fingerprint density at radius 2 is 1.69 bits per heavy atom. The molecule has 0 aliphatic carbocycles. The van der Waals surface area contributed by atoms with E-state index in [0.717, 1.165) is 5.56 Å². The minimum Gasteiger partial charge on any atom is -0.449 e. The Labute approximate surface area is 172 Å². The lowest BCUT2D eigenvalue weighted by Gasteiger charge is -2.07. The van der Waals surface area contributed by atoms with Crippen LogP contribution in [-0.4, -0.2) is 19.3 Å². The molecule has 0 atom stereocenters. The second kappa shape index (κ2) is 7.69. The number of nitrogens with one attached hydrogen (secondary N) is 1. The number of rotatable bonds is 5. The highest BCUT2D eigenvalue weighted by Gasteiger charge is 2.17. The minimum absolute atomic E-state index is 0.146. The van der Waals surface area contributed by atoms with E-state index < -0.39 is 15.7 Å². The lowest BCUT2D eigenvalue weighted by atomic mass is 10.2. The number of carbonyl (C=O) groups excluding carboxylic acids is 1. The van der Waals surface area contributed by atoms with Crippen molar-refractivity contribution in [3.05, 3.63) is 89.4 Å². The third-order valence-corrected chi connectivity index (χ3v) is 6.33. The molecule has 4 aromatic rings. The molecule has 0 aliphatic heterocycles. The Bertz CT molecular complexity index is 1280. The zero-order valence-electron chi connectivity index (χ0n) is 15.0. The van der Waals surface area contributed by atoms with E-state index in [9.17, 15) is 13.2 Å². The van der Waals surface area contributed by atoms with Crippen LogP contribution in [0.3, 0.4) is 0 Å². The molecule has 4 rings (SSSR count). The van der Waals surface area contributed by atoms with Crippen LogP contribution in [0.25, 0.3) is 11.0 Å². The monoisotopic (exact) mass is 426 g/mol. The second-order valence-corrected chi connectivity index (χ2v) is 8.64. The lowest BCUT2D eigenvalue weighted by Crippen LogP contribution is -2.22. The molecule has 0 spiro atoms. The van der Waals surface area contributed by atoms with E-state index in [1.807, 2.05) is 0 Å². The van der Waals surface area contributed by atoms with Gasteiger partial charge in [-0.25, -0.2) is 13.4 Å². The van der Waals surface area contributed by atoms with Crippen molar-refractivity contribution in [3.63, 3.8) is 0 Å². The first-order valence-corrected chi connectivity index (χ1v) is 10.5. The Balaban J connectivity index is 1.45. The van der Waals surface area contributed by atoms with E-state index in [4.69, 9.17) is 16.0 Å². The average Bonchev–Trinajstić information content (AvgIpc) is 3.16. The molecular formula is C21H15ClN2O4S. The standard InChI is InChI=1S/C21H15ClN2O4S/c22-20-11-15-10-18(28-19(15)13-23-20)21(25)24-12-14-6-8-17(9-7-14)29(26,27)16-4-2-1-3-5-16/h1-11,13H,12H2,(H,24,25). The van der Waals surface area contributed by atoms with Gasteiger partial charge in [-0.3, -0.25) is 4.79 Å². The number of nitrogens with zero attached hydrogens (tertiary/aromatic N) is 1. The van der Waals surface area contributed by atoms with Crippen LogP contribution in [0, 0.1) is 0 Å². The first-order chi connectivity index (χ1) is 13.9. The van der Waals surface area contributed by atoms with Gasteiger partial charge in [0.1, 0.15) is 5.15 Å². The lowest BCUT2D eigenvalue weighted by molar-refractivity contribution is 0.0925. The van der Waals surface area contributed by atoms with Gasteiger partial charge in [-0.1, -0.05) is 41.9 Å². The van der Waals surface area contributed by atoms with E-state index in [1.165, 1.54) is 18.3 Å². The van der Waals surface area contributed by atoms with Crippen molar-refractivity contribution in [2.45, 2.75) is 16.3 Å². The Morgan fingerprint density at radius 1 is 1.00 bits per heavy atom. The quantitative estimate of drug-likeness (QED) is 0.482. The number of hydrogen-bond acceptors (Lipinski definition) is 5. The first-order valence-electron chi connectivity index (χ1n) is 8.66. The van der Waals surface area contributed by atoms with Gasteiger partial charge in [0.05, 0.1) is 16.0 Å². The van der Waals surface area contributed by atoms with Gasteiger partial charge in [0.2, 0.25) is 9.84 Å². The molecule has 2 aromatic carbocycles. The molecule has 0 bridgehead atoms. The normalized spacial score (nSPS) is 11.5. The highest BCUT2D eigenvalue weighted by Crippen LogP contribution is 2.22. The summed E-state index contributed by atoms with van der Waals surface area (Å²) in [5.74, 6) is -0.245. The summed E-state index contributed by atoms with van der Waals surface area (Å²) in [7, 11) is -3.57. The zero-order valence-corrected chi connectivity index (χ0v) is 16.6. The van der Waals surface area contributed by atoms with Gasteiger partial charge in [-0.2, -0.15) is 0 Å². The number of amides is 1. The maximum atomic E-state index is 12.6. The molecule has 0 radical (unpaired) electrons. The largest absolute Gasteiger partial charge is 0.449 e. The van der Waals surface area contributed by atoms with Crippen molar-refractivity contribution in [3.8, 4) is 0 Å².